The Kier molecular flexibility index (Phi) is 9.34. The SMILES string of the molecule is CCCC(=O)Nc1ccc(Cl)c(NC(=O)CNc2ccc(C(=O)N(CC)CC)cc2)c1. The zero-order valence-electron chi connectivity index (χ0n) is 18.1. The summed E-state index contributed by atoms with van der Waals surface area (Å²) >= 11 is 6.17. The van der Waals surface area contributed by atoms with Gasteiger partial charge in [0.05, 0.1) is 17.3 Å². The molecule has 0 spiro atoms. The summed E-state index contributed by atoms with van der Waals surface area (Å²) in [6, 6.07) is 11.9. The number of anilines is 3. The summed E-state index contributed by atoms with van der Waals surface area (Å²) in [6.07, 6.45) is 1.17. The molecule has 0 bridgehead atoms. The van der Waals surface area contributed by atoms with E-state index >= 15 is 0 Å². The number of carbonyl (C=O) groups is 3. The molecule has 0 unspecified atom stereocenters. The largest absolute Gasteiger partial charge is 0.376 e. The Hall–Kier alpha value is -3.06. The van der Waals surface area contributed by atoms with Crippen LogP contribution >= 0.6 is 11.6 Å². The molecule has 0 saturated heterocycles. The van der Waals surface area contributed by atoms with Crippen LogP contribution < -0.4 is 16.0 Å². The Labute approximate surface area is 188 Å². The van der Waals surface area contributed by atoms with E-state index in [9.17, 15) is 14.4 Å². The normalized spacial score (nSPS) is 10.3. The number of halogens is 1. The van der Waals surface area contributed by atoms with Gasteiger partial charge in [0.2, 0.25) is 11.8 Å². The van der Waals surface area contributed by atoms with Crippen molar-refractivity contribution in [3.05, 3.63) is 53.1 Å². The van der Waals surface area contributed by atoms with Crippen LogP contribution in [0.1, 0.15) is 44.0 Å². The highest BCUT2D eigenvalue weighted by Crippen LogP contribution is 2.25. The molecule has 0 saturated carbocycles. The van der Waals surface area contributed by atoms with E-state index < -0.39 is 0 Å². The summed E-state index contributed by atoms with van der Waals surface area (Å²) in [4.78, 5) is 38.2. The molecule has 2 rings (SSSR count). The van der Waals surface area contributed by atoms with Crippen LogP contribution in [0.2, 0.25) is 5.02 Å². The third-order valence-corrected chi connectivity index (χ3v) is 4.97. The first-order valence-corrected chi connectivity index (χ1v) is 10.8. The first-order valence-electron chi connectivity index (χ1n) is 10.4. The highest BCUT2D eigenvalue weighted by atomic mass is 35.5. The molecule has 166 valence electrons. The van der Waals surface area contributed by atoms with Gasteiger partial charge >= 0.3 is 0 Å². The highest BCUT2D eigenvalue weighted by Gasteiger charge is 2.12. The van der Waals surface area contributed by atoms with Gasteiger partial charge in [-0.05, 0) is 62.7 Å². The van der Waals surface area contributed by atoms with Crippen molar-refractivity contribution in [2.75, 3.05) is 35.6 Å². The van der Waals surface area contributed by atoms with E-state index in [1.54, 1.807) is 47.4 Å². The van der Waals surface area contributed by atoms with Crippen LogP contribution in [-0.2, 0) is 9.59 Å². The Bertz CT molecular complexity index is 912. The fourth-order valence-electron chi connectivity index (χ4n) is 2.95. The summed E-state index contributed by atoms with van der Waals surface area (Å²) in [5.41, 5.74) is 2.31. The van der Waals surface area contributed by atoms with Crippen LogP contribution in [0.15, 0.2) is 42.5 Å². The highest BCUT2D eigenvalue weighted by molar-refractivity contribution is 6.33. The van der Waals surface area contributed by atoms with Gasteiger partial charge in [-0.3, -0.25) is 14.4 Å². The molecule has 0 fully saturated rings. The lowest BCUT2D eigenvalue weighted by atomic mass is 10.1. The third-order valence-electron chi connectivity index (χ3n) is 4.64. The molecule has 31 heavy (non-hydrogen) atoms. The molecule has 7 nitrogen and oxygen atoms in total. The summed E-state index contributed by atoms with van der Waals surface area (Å²) in [5.74, 6) is -0.399. The zero-order chi connectivity index (χ0) is 22.8. The smallest absolute Gasteiger partial charge is 0.253 e. The van der Waals surface area contributed by atoms with Crippen molar-refractivity contribution >= 4 is 46.4 Å². The number of nitrogens with zero attached hydrogens (tertiary/aromatic N) is 1. The Morgan fingerprint density at radius 2 is 1.52 bits per heavy atom. The van der Waals surface area contributed by atoms with Gasteiger partial charge in [0.25, 0.3) is 5.91 Å². The van der Waals surface area contributed by atoms with Crippen LogP contribution in [0.5, 0.6) is 0 Å². The summed E-state index contributed by atoms with van der Waals surface area (Å²) in [7, 11) is 0. The van der Waals surface area contributed by atoms with Gasteiger partial charge in [0.15, 0.2) is 0 Å². The van der Waals surface area contributed by atoms with Crippen molar-refractivity contribution in [1.82, 2.24) is 4.90 Å². The van der Waals surface area contributed by atoms with Crippen LogP contribution in [-0.4, -0.2) is 42.3 Å². The fourth-order valence-corrected chi connectivity index (χ4v) is 3.11. The number of hydrogen-bond donors (Lipinski definition) is 3. The average molecular weight is 445 g/mol. The fraction of sp³-hybridized carbons (Fsp3) is 0.348. The minimum Gasteiger partial charge on any atom is -0.376 e. The molecular weight excluding hydrogens is 416 g/mol. The number of benzene rings is 2. The molecule has 0 radical (unpaired) electrons. The van der Waals surface area contributed by atoms with Crippen molar-refractivity contribution in [1.29, 1.82) is 0 Å². The van der Waals surface area contributed by atoms with E-state index in [-0.39, 0.29) is 24.3 Å². The maximum Gasteiger partial charge on any atom is 0.253 e. The van der Waals surface area contributed by atoms with Gasteiger partial charge in [0, 0.05) is 36.4 Å². The third kappa shape index (κ3) is 7.29. The Morgan fingerprint density at radius 3 is 2.13 bits per heavy atom. The molecule has 3 N–H and O–H groups in total. The van der Waals surface area contributed by atoms with Crippen molar-refractivity contribution in [3.63, 3.8) is 0 Å². The second kappa shape index (κ2) is 12.0. The van der Waals surface area contributed by atoms with E-state index in [1.165, 1.54) is 0 Å². The maximum atomic E-state index is 12.4. The van der Waals surface area contributed by atoms with Gasteiger partial charge in [-0.1, -0.05) is 18.5 Å². The van der Waals surface area contributed by atoms with Gasteiger partial charge in [0.1, 0.15) is 0 Å². The number of amides is 3. The lowest BCUT2D eigenvalue weighted by Gasteiger charge is -2.18. The van der Waals surface area contributed by atoms with E-state index in [4.69, 9.17) is 11.6 Å². The molecule has 0 atom stereocenters. The quantitative estimate of drug-likeness (QED) is 0.499. The molecule has 0 aliphatic rings. The summed E-state index contributed by atoms with van der Waals surface area (Å²) in [5, 5.41) is 8.91. The lowest BCUT2D eigenvalue weighted by Crippen LogP contribution is -2.30. The van der Waals surface area contributed by atoms with E-state index in [1.807, 2.05) is 20.8 Å². The van der Waals surface area contributed by atoms with Gasteiger partial charge < -0.3 is 20.9 Å². The van der Waals surface area contributed by atoms with Crippen LogP contribution in [0.3, 0.4) is 0 Å². The minimum absolute atomic E-state index is 0.0187. The molecular formula is C23H29ClN4O3. The van der Waals surface area contributed by atoms with E-state index in [0.717, 1.165) is 12.1 Å². The molecule has 0 aliphatic heterocycles. The topological polar surface area (TPSA) is 90.5 Å². The average Bonchev–Trinajstić information content (AvgIpc) is 2.76. The first kappa shape index (κ1) is 24.2. The van der Waals surface area contributed by atoms with Crippen LogP contribution in [0.25, 0.3) is 0 Å². The maximum absolute atomic E-state index is 12.4. The van der Waals surface area contributed by atoms with Crippen molar-refractivity contribution < 1.29 is 14.4 Å². The molecule has 3 amide bonds. The summed E-state index contributed by atoms with van der Waals surface area (Å²) < 4.78 is 0. The molecule has 8 heteroatoms. The van der Waals surface area contributed by atoms with E-state index in [2.05, 4.69) is 16.0 Å². The zero-order valence-corrected chi connectivity index (χ0v) is 18.9. The van der Waals surface area contributed by atoms with Gasteiger partial charge in [-0.15, -0.1) is 0 Å². The molecule has 0 heterocycles. The molecule has 0 aliphatic carbocycles. The predicted molar refractivity (Wildman–Crippen MR) is 126 cm³/mol. The van der Waals surface area contributed by atoms with Gasteiger partial charge in [-0.25, -0.2) is 0 Å². The van der Waals surface area contributed by atoms with Gasteiger partial charge in [-0.2, -0.15) is 0 Å². The second-order valence-corrected chi connectivity index (χ2v) is 7.36. The first-order chi connectivity index (χ1) is 14.9. The Morgan fingerprint density at radius 1 is 0.871 bits per heavy atom. The number of carbonyl (C=O) groups excluding carboxylic acids is 3. The number of hydrogen-bond acceptors (Lipinski definition) is 4. The number of rotatable bonds is 10. The standard InChI is InChI=1S/C23H29ClN4O3/c1-4-7-21(29)26-18-12-13-19(24)20(14-18)27-22(30)15-25-17-10-8-16(9-11-17)23(31)28(5-2)6-3/h8-14,25H,4-7,15H2,1-3H3,(H,26,29)(H,27,30). The molecule has 0 aromatic heterocycles. The van der Waals surface area contributed by atoms with Crippen molar-refractivity contribution in [3.8, 4) is 0 Å². The monoisotopic (exact) mass is 444 g/mol. The second-order valence-electron chi connectivity index (χ2n) is 6.95. The van der Waals surface area contributed by atoms with Crippen LogP contribution in [0, 0.1) is 0 Å². The Balaban J connectivity index is 1.93. The predicted octanol–water partition coefficient (Wildman–Crippen LogP) is 4.61. The lowest BCUT2D eigenvalue weighted by molar-refractivity contribution is -0.116. The van der Waals surface area contributed by atoms with E-state index in [0.29, 0.717) is 41.5 Å². The van der Waals surface area contributed by atoms with Crippen molar-refractivity contribution in [2.24, 2.45) is 0 Å². The van der Waals surface area contributed by atoms with Crippen molar-refractivity contribution in [2.45, 2.75) is 33.6 Å². The number of nitrogens with one attached hydrogen (secondary N) is 3. The minimum atomic E-state index is -0.290. The van der Waals surface area contributed by atoms with Crippen LogP contribution in [0.4, 0.5) is 17.1 Å². The summed E-state index contributed by atoms with van der Waals surface area (Å²) in [6.45, 7) is 7.14. The molecule has 2 aromatic rings. The molecule has 2 aromatic carbocycles.